The summed E-state index contributed by atoms with van der Waals surface area (Å²) in [6, 6.07) is 3.90. The summed E-state index contributed by atoms with van der Waals surface area (Å²) in [4.78, 5) is 11.0. The summed E-state index contributed by atoms with van der Waals surface area (Å²) in [6.07, 6.45) is 1.36. The molecular weight excluding hydrogens is 301 g/mol. The van der Waals surface area contributed by atoms with E-state index in [1.165, 1.54) is 12.1 Å². The summed E-state index contributed by atoms with van der Waals surface area (Å²) in [6.45, 7) is 0.124. The van der Waals surface area contributed by atoms with Crippen LogP contribution in [0.5, 0.6) is 0 Å². The number of carboxylic acids is 1. The molecule has 1 aliphatic heterocycles. The maximum Gasteiger partial charge on any atom is 0.340 e. The minimum Gasteiger partial charge on any atom is -0.478 e. The molecule has 110 valence electrons. The molecule has 2 heterocycles. The molecule has 2 aromatic rings. The first-order valence-corrected chi connectivity index (χ1v) is 7.43. The zero-order chi connectivity index (χ0) is 15.2. The number of sulfonamides is 1. The normalized spacial score (nSPS) is 14.2. The zero-order valence-electron chi connectivity index (χ0n) is 10.6. The first-order chi connectivity index (χ1) is 9.91. The maximum atomic E-state index is 13.3. The topological polar surface area (TPSA) is 103 Å². The van der Waals surface area contributed by atoms with E-state index in [1.54, 1.807) is 0 Å². The van der Waals surface area contributed by atoms with Gasteiger partial charge in [0.15, 0.2) is 5.03 Å². The maximum absolute atomic E-state index is 13.3. The van der Waals surface area contributed by atoms with Crippen LogP contribution in [0.15, 0.2) is 29.4 Å². The van der Waals surface area contributed by atoms with E-state index in [4.69, 9.17) is 5.11 Å². The number of nitrogens with zero attached hydrogens (tertiary/aromatic N) is 2. The third-order valence-electron chi connectivity index (χ3n) is 3.28. The van der Waals surface area contributed by atoms with Gasteiger partial charge in [0.05, 0.1) is 11.9 Å². The molecule has 21 heavy (non-hydrogen) atoms. The van der Waals surface area contributed by atoms with E-state index in [1.807, 2.05) is 0 Å². The second-order valence-corrected chi connectivity index (χ2v) is 6.32. The van der Waals surface area contributed by atoms with E-state index in [-0.39, 0.29) is 12.2 Å². The minimum absolute atomic E-state index is 0.124. The van der Waals surface area contributed by atoms with Gasteiger partial charge < -0.3 is 5.11 Å². The molecule has 9 heteroatoms. The molecule has 3 rings (SSSR count). The summed E-state index contributed by atoms with van der Waals surface area (Å²) in [5, 5.41) is 14.2. The van der Waals surface area contributed by atoms with Crippen LogP contribution in [0.4, 0.5) is 10.1 Å². The third-order valence-corrected chi connectivity index (χ3v) is 5.07. The summed E-state index contributed by atoms with van der Waals surface area (Å²) >= 11 is 0. The Balaban J connectivity index is 2.11. The highest BCUT2D eigenvalue weighted by molar-refractivity contribution is 7.92. The molecule has 0 unspecified atom stereocenters. The third kappa shape index (κ3) is 2.05. The van der Waals surface area contributed by atoms with Crippen LogP contribution in [0.25, 0.3) is 0 Å². The monoisotopic (exact) mass is 311 g/mol. The molecule has 0 saturated heterocycles. The quantitative estimate of drug-likeness (QED) is 0.880. The van der Waals surface area contributed by atoms with Crippen molar-refractivity contribution in [3.05, 3.63) is 41.3 Å². The fraction of sp³-hybridized carbons (Fsp3) is 0.167. The SMILES string of the molecule is O=C(O)c1cn[nH]c1S(=O)(=O)N1CCc2ccc(F)cc21. The number of carbonyl (C=O) groups is 1. The summed E-state index contributed by atoms with van der Waals surface area (Å²) in [5.74, 6) is -1.96. The highest BCUT2D eigenvalue weighted by atomic mass is 32.2. The largest absolute Gasteiger partial charge is 0.478 e. The zero-order valence-corrected chi connectivity index (χ0v) is 11.4. The molecule has 1 aromatic carbocycles. The molecule has 0 atom stereocenters. The number of hydrogen-bond acceptors (Lipinski definition) is 4. The van der Waals surface area contributed by atoms with E-state index >= 15 is 0 Å². The predicted molar refractivity (Wildman–Crippen MR) is 70.2 cm³/mol. The highest BCUT2D eigenvalue weighted by Gasteiger charge is 2.35. The van der Waals surface area contributed by atoms with Crippen molar-refractivity contribution < 1.29 is 22.7 Å². The molecule has 0 bridgehead atoms. The fourth-order valence-electron chi connectivity index (χ4n) is 2.31. The van der Waals surface area contributed by atoms with Gasteiger partial charge in [0.1, 0.15) is 11.4 Å². The average Bonchev–Trinajstić information content (AvgIpc) is 3.05. The van der Waals surface area contributed by atoms with Crippen molar-refractivity contribution in [2.45, 2.75) is 11.4 Å². The van der Waals surface area contributed by atoms with Crippen LogP contribution >= 0.6 is 0 Å². The number of halogens is 1. The second kappa shape index (κ2) is 4.55. The van der Waals surface area contributed by atoms with Gasteiger partial charge in [0.25, 0.3) is 10.0 Å². The Morgan fingerprint density at radius 2 is 2.19 bits per heavy atom. The molecule has 0 amide bonds. The van der Waals surface area contributed by atoms with Crippen LogP contribution in [0, 0.1) is 5.82 Å². The van der Waals surface area contributed by atoms with Crippen LogP contribution in [-0.2, 0) is 16.4 Å². The molecule has 7 nitrogen and oxygen atoms in total. The molecule has 0 saturated carbocycles. The van der Waals surface area contributed by atoms with E-state index < -0.39 is 32.4 Å². The number of anilines is 1. The number of carboxylic acid groups (broad SMARTS) is 1. The van der Waals surface area contributed by atoms with Crippen LogP contribution in [0.3, 0.4) is 0 Å². The van der Waals surface area contributed by atoms with E-state index in [9.17, 15) is 17.6 Å². The summed E-state index contributed by atoms with van der Waals surface area (Å²) in [5.41, 5.74) is 0.470. The van der Waals surface area contributed by atoms with Crippen molar-refractivity contribution in [3.8, 4) is 0 Å². The number of fused-ring (bicyclic) bond motifs is 1. The Morgan fingerprint density at radius 1 is 1.43 bits per heavy atom. The molecule has 0 fully saturated rings. The summed E-state index contributed by atoms with van der Waals surface area (Å²) < 4.78 is 39.5. The van der Waals surface area contributed by atoms with E-state index in [2.05, 4.69) is 10.2 Å². The minimum atomic E-state index is -4.13. The van der Waals surface area contributed by atoms with Gasteiger partial charge in [-0.1, -0.05) is 6.07 Å². The number of aromatic amines is 1. The average molecular weight is 311 g/mol. The van der Waals surface area contributed by atoms with Crippen LogP contribution < -0.4 is 4.31 Å². The van der Waals surface area contributed by atoms with Gasteiger partial charge in [-0.3, -0.25) is 9.40 Å². The Bertz CT molecular complexity index is 831. The standard InChI is InChI=1S/C12H10FN3O4S/c13-8-2-1-7-3-4-16(10(7)5-8)21(19,20)11-9(12(17)18)6-14-15-11/h1-2,5-6H,3-4H2,(H,14,15)(H,17,18). The molecule has 0 radical (unpaired) electrons. The number of rotatable bonds is 3. The molecule has 0 spiro atoms. The Hall–Kier alpha value is -2.42. The summed E-state index contributed by atoms with van der Waals surface area (Å²) in [7, 11) is -4.13. The lowest BCUT2D eigenvalue weighted by atomic mass is 10.2. The number of aromatic nitrogens is 2. The Labute approximate surface area is 119 Å². The van der Waals surface area contributed by atoms with Crippen molar-refractivity contribution >= 4 is 21.7 Å². The van der Waals surface area contributed by atoms with E-state index in [0.29, 0.717) is 12.0 Å². The lowest BCUT2D eigenvalue weighted by Gasteiger charge is -2.18. The van der Waals surface area contributed by atoms with Crippen molar-refractivity contribution in [1.82, 2.24) is 10.2 Å². The van der Waals surface area contributed by atoms with Gasteiger partial charge in [-0.2, -0.15) is 13.5 Å². The van der Waals surface area contributed by atoms with E-state index in [0.717, 1.165) is 16.6 Å². The van der Waals surface area contributed by atoms with Crippen LogP contribution in [0.1, 0.15) is 15.9 Å². The van der Waals surface area contributed by atoms with Gasteiger partial charge in [0, 0.05) is 6.54 Å². The molecular formula is C12H10FN3O4S. The Kier molecular flexibility index (Phi) is 2.94. The fourth-order valence-corrected chi connectivity index (χ4v) is 3.87. The van der Waals surface area contributed by atoms with Gasteiger partial charge in [-0.25, -0.2) is 9.18 Å². The predicted octanol–water partition coefficient (Wildman–Crippen LogP) is 0.998. The lowest BCUT2D eigenvalue weighted by molar-refractivity contribution is 0.0692. The number of aromatic carboxylic acids is 1. The van der Waals surface area contributed by atoms with Gasteiger partial charge in [0.2, 0.25) is 0 Å². The van der Waals surface area contributed by atoms with Crippen molar-refractivity contribution in [2.24, 2.45) is 0 Å². The second-order valence-electron chi connectivity index (χ2n) is 4.52. The number of hydrogen-bond donors (Lipinski definition) is 2. The molecule has 1 aliphatic rings. The molecule has 0 aliphatic carbocycles. The van der Waals surface area contributed by atoms with Gasteiger partial charge in [-0.05, 0) is 24.1 Å². The first-order valence-electron chi connectivity index (χ1n) is 5.99. The van der Waals surface area contributed by atoms with Crippen LogP contribution in [0.2, 0.25) is 0 Å². The molecule has 1 aromatic heterocycles. The number of nitrogens with one attached hydrogen (secondary N) is 1. The Morgan fingerprint density at radius 3 is 2.90 bits per heavy atom. The van der Waals surface area contributed by atoms with Gasteiger partial charge >= 0.3 is 5.97 Å². The van der Waals surface area contributed by atoms with Crippen molar-refractivity contribution in [3.63, 3.8) is 0 Å². The lowest BCUT2D eigenvalue weighted by Crippen LogP contribution is -2.30. The van der Waals surface area contributed by atoms with Crippen molar-refractivity contribution in [2.75, 3.05) is 10.8 Å². The smallest absolute Gasteiger partial charge is 0.340 e. The number of H-pyrrole nitrogens is 1. The highest BCUT2D eigenvalue weighted by Crippen LogP contribution is 2.33. The van der Waals surface area contributed by atoms with Gasteiger partial charge in [-0.15, -0.1) is 0 Å². The molecule has 2 N–H and O–H groups in total. The first kappa shape index (κ1) is 13.6. The van der Waals surface area contributed by atoms with Crippen LogP contribution in [-0.4, -0.2) is 36.2 Å². The van der Waals surface area contributed by atoms with Crippen molar-refractivity contribution in [1.29, 1.82) is 0 Å². The number of benzene rings is 1.